The molecule has 2 atom stereocenters. The lowest BCUT2D eigenvalue weighted by atomic mass is 10.0. The van der Waals surface area contributed by atoms with E-state index in [2.05, 4.69) is 5.32 Å². The van der Waals surface area contributed by atoms with Crippen LogP contribution < -0.4 is 5.32 Å². The molecule has 0 heterocycles. The lowest BCUT2D eigenvalue weighted by molar-refractivity contribution is -0.146. The topological polar surface area (TPSA) is 58.6 Å². The van der Waals surface area contributed by atoms with Crippen molar-refractivity contribution >= 4 is 5.97 Å². The molecule has 0 bridgehead atoms. The van der Waals surface area contributed by atoms with Crippen LogP contribution in [0.25, 0.3) is 0 Å². The van der Waals surface area contributed by atoms with Gasteiger partial charge < -0.3 is 15.2 Å². The van der Waals surface area contributed by atoms with Crippen LogP contribution in [-0.4, -0.2) is 35.9 Å². The van der Waals surface area contributed by atoms with Crippen molar-refractivity contribution in [2.24, 2.45) is 0 Å². The Bertz CT molecular complexity index is 204. The lowest BCUT2D eigenvalue weighted by Crippen LogP contribution is -2.46. The van der Waals surface area contributed by atoms with Crippen LogP contribution in [-0.2, 0) is 9.53 Å². The predicted molar refractivity (Wildman–Crippen MR) is 64.2 cm³/mol. The molecular weight excluding hydrogens is 206 g/mol. The van der Waals surface area contributed by atoms with Crippen molar-refractivity contribution in [2.75, 3.05) is 13.2 Å². The first kappa shape index (κ1) is 15.4. The largest absolute Gasteiger partial charge is 0.465 e. The lowest BCUT2D eigenvalue weighted by Gasteiger charge is -2.25. The molecule has 0 aromatic heterocycles. The maximum atomic E-state index is 11.5. The van der Waals surface area contributed by atoms with Gasteiger partial charge in [-0.3, -0.25) is 4.79 Å². The molecule has 16 heavy (non-hydrogen) atoms. The van der Waals surface area contributed by atoms with Crippen LogP contribution in [0.15, 0.2) is 0 Å². The second kappa shape index (κ2) is 7.63. The van der Waals surface area contributed by atoms with E-state index in [9.17, 15) is 9.90 Å². The van der Waals surface area contributed by atoms with E-state index in [0.29, 0.717) is 19.6 Å². The molecule has 0 aliphatic carbocycles. The van der Waals surface area contributed by atoms with Gasteiger partial charge in [-0.1, -0.05) is 20.3 Å². The van der Waals surface area contributed by atoms with Crippen LogP contribution in [0.5, 0.6) is 0 Å². The molecule has 0 rings (SSSR count). The first-order valence-corrected chi connectivity index (χ1v) is 6.09. The van der Waals surface area contributed by atoms with E-state index >= 15 is 0 Å². The summed E-state index contributed by atoms with van der Waals surface area (Å²) >= 11 is 0. The molecule has 0 aliphatic heterocycles. The highest BCUT2D eigenvalue weighted by molar-refractivity contribution is 5.75. The van der Waals surface area contributed by atoms with E-state index in [1.54, 1.807) is 13.8 Å². The van der Waals surface area contributed by atoms with Crippen LogP contribution in [0.1, 0.15) is 47.0 Å². The Balaban J connectivity index is 4.08. The average molecular weight is 231 g/mol. The Hall–Kier alpha value is -0.610. The summed E-state index contributed by atoms with van der Waals surface area (Å²) < 4.78 is 4.94. The van der Waals surface area contributed by atoms with Crippen LogP contribution >= 0.6 is 0 Å². The second-order valence-electron chi connectivity index (χ2n) is 4.34. The molecular formula is C12H25NO3. The number of carbonyl (C=O) groups excluding carboxylic acids is 1. The van der Waals surface area contributed by atoms with Gasteiger partial charge in [-0.15, -0.1) is 0 Å². The Morgan fingerprint density at radius 2 is 2.06 bits per heavy atom. The Morgan fingerprint density at radius 1 is 1.44 bits per heavy atom. The van der Waals surface area contributed by atoms with Crippen molar-refractivity contribution in [1.82, 2.24) is 5.32 Å². The highest BCUT2D eigenvalue weighted by atomic mass is 16.5. The summed E-state index contributed by atoms with van der Waals surface area (Å²) in [7, 11) is 0. The molecule has 2 N–H and O–H groups in total. The second-order valence-corrected chi connectivity index (χ2v) is 4.34. The number of esters is 1. The monoisotopic (exact) mass is 231 g/mol. The molecule has 0 radical (unpaired) electrons. The number of carbonyl (C=O) groups is 1. The minimum absolute atomic E-state index is 0.239. The first-order valence-electron chi connectivity index (χ1n) is 6.09. The maximum Gasteiger partial charge on any atom is 0.323 e. The predicted octanol–water partition coefficient (Wildman–Crippen LogP) is 1.47. The Kier molecular flexibility index (Phi) is 7.34. The summed E-state index contributed by atoms with van der Waals surface area (Å²) in [5.41, 5.74) is -0.755. The molecule has 0 aliphatic rings. The third-order valence-electron chi connectivity index (χ3n) is 2.50. The molecule has 2 unspecified atom stereocenters. The third kappa shape index (κ3) is 6.08. The Morgan fingerprint density at radius 3 is 2.50 bits per heavy atom. The summed E-state index contributed by atoms with van der Waals surface area (Å²) in [6.45, 7) is 8.32. The van der Waals surface area contributed by atoms with Gasteiger partial charge in [-0.05, 0) is 26.7 Å². The van der Waals surface area contributed by atoms with Crippen LogP contribution in [0, 0.1) is 0 Å². The van der Waals surface area contributed by atoms with Gasteiger partial charge in [0.25, 0.3) is 0 Å². The zero-order valence-corrected chi connectivity index (χ0v) is 10.9. The molecule has 4 heteroatoms. The summed E-state index contributed by atoms with van der Waals surface area (Å²) in [4.78, 5) is 11.5. The van der Waals surface area contributed by atoms with E-state index in [4.69, 9.17) is 4.74 Å². The summed E-state index contributed by atoms with van der Waals surface area (Å²) in [5.74, 6) is -0.239. The van der Waals surface area contributed by atoms with Crippen LogP contribution in [0.3, 0.4) is 0 Å². The molecule has 0 spiro atoms. The summed E-state index contributed by atoms with van der Waals surface area (Å²) in [6, 6.07) is -0.316. The Labute approximate surface area is 98.4 Å². The number of rotatable bonds is 8. The normalized spacial score (nSPS) is 16.6. The van der Waals surface area contributed by atoms with E-state index in [0.717, 1.165) is 12.8 Å². The highest BCUT2D eigenvalue weighted by Gasteiger charge is 2.23. The average Bonchev–Trinajstić information content (AvgIpc) is 2.18. The molecule has 0 saturated carbocycles. The number of aliphatic hydroxyl groups is 1. The maximum absolute atomic E-state index is 11.5. The smallest absolute Gasteiger partial charge is 0.323 e. The number of nitrogens with one attached hydrogen (secondary N) is 1. The summed E-state index contributed by atoms with van der Waals surface area (Å²) in [6.07, 6.45) is 2.31. The third-order valence-corrected chi connectivity index (χ3v) is 2.50. The molecule has 0 aromatic carbocycles. The number of hydrogen-bond donors (Lipinski definition) is 2. The molecule has 0 saturated heterocycles. The zero-order valence-electron chi connectivity index (χ0n) is 10.9. The van der Waals surface area contributed by atoms with Gasteiger partial charge in [0.15, 0.2) is 0 Å². The van der Waals surface area contributed by atoms with Gasteiger partial charge in [0.1, 0.15) is 6.04 Å². The van der Waals surface area contributed by atoms with E-state index in [1.807, 2.05) is 13.8 Å². The van der Waals surface area contributed by atoms with Crippen molar-refractivity contribution in [1.29, 1.82) is 0 Å². The minimum atomic E-state index is -0.755. The fourth-order valence-corrected chi connectivity index (χ4v) is 1.61. The van der Waals surface area contributed by atoms with Gasteiger partial charge in [-0.25, -0.2) is 0 Å². The van der Waals surface area contributed by atoms with E-state index in [1.165, 1.54) is 0 Å². The first-order chi connectivity index (χ1) is 7.46. The van der Waals surface area contributed by atoms with Gasteiger partial charge in [-0.2, -0.15) is 0 Å². The highest BCUT2D eigenvalue weighted by Crippen LogP contribution is 2.10. The zero-order chi connectivity index (χ0) is 12.6. The van der Waals surface area contributed by atoms with Crippen LogP contribution in [0.4, 0.5) is 0 Å². The summed E-state index contributed by atoms with van der Waals surface area (Å²) in [5, 5.41) is 13.0. The van der Waals surface area contributed by atoms with Crippen molar-refractivity contribution in [3.8, 4) is 0 Å². The van der Waals surface area contributed by atoms with Crippen molar-refractivity contribution in [2.45, 2.75) is 58.6 Å². The molecule has 0 aromatic rings. The van der Waals surface area contributed by atoms with Crippen molar-refractivity contribution < 1.29 is 14.6 Å². The number of ether oxygens (including phenoxy) is 1. The van der Waals surface area contributed by atoms with Crippen molar-refractivity contribution in [3.63, 3.8) is 0 Å². The van der Waals surface area contributed by atoms with E-state index in [-0.39, 0.29) is 12.0 Å². The van der Waals surface area contributed by atoms with Crippen molar-refractivity contribution in [3.05, 3.63) is 0 Å². The SMILES string of the molecule is CCCC(C)(O)CNC(CC)C(=O)OCC. The van der Waals surface area contributed by atoms with Gasteiger partial charge >= 0.3 is 5.97 Å². The molecule has 0 amide bonds. The van der Waals surface area contributed by atoms with E-state index < -0.39 is 5.60 Å². The standard InChI is InChI=1S/C12H25NO3/c1-5-8-12(4,15)9-13-10(6-2)11(14)16-7-3/h10,13,15H,5-9H2,1-4H3. The minimum Gasteiger partial charge on any atom is -0.465 e. The number of hydrogen-bond acceptors (Lipinski definition) is 4. The van der Waals surface area contributed by atoms with Gasteiger partial charge in [0.05, 0.1) is 12.2 Å². The molecule has 4 nitrogen and oxygen atoms in total. The molecule has 0 fully saturated rings. The van der Waals surface area contributed by atoms with Crippen LogP contribution in [0.2, 0.25) is 0 Å². The fourth-order valence-electron chi connectivity index (χ4n) is 1.61. The quantitative estimate of drug-likeness (QED) is 0.621. The van der Waals surface area contributed by atoms with Gasteiger partial charge in [0, 0.05) is 6.54 Å². The fraction of sp³-hybridized carbons (Fsp3) is 0.917. The molecule has 96 valence electrons. The van der Waals surface area contributed by atoms with Gasteiger partial charge in [0.2, 0.25) is 0 Å².